The van der Waals surface area contributed by atoms with Crippen LogP contribution in [0.15, 0.2) is 0 Å². The summed E-state index contributed by atoms with van der Waals surface area (Å²) in [7, 11) is 0. The van der Waals surface area contributed by atoms with Crippen molar-refractivity contribution in [1.82, 2.24) is 0 Å². The molecule has 1 rings (SSSR count). The maximum atomic E-state index is 11.3. The second kappa shape index (κ2) is 4.94. The predicted molar refractivity (Wildman–Crippen MR) is 57.3 cm³/mol. The summed E-state index contributed by atoms with van der Waals surface area (Å²) in [5.74, 6) is -0.267. The van der Waals surface area contributed by atoms with Gasteiger partial charge >= 0.3 is 5.97 Å². The summed E-state index contributed by atoms with van der Waals surface area (Å²) in [6.07, 6.45) is 3.40. The summed E-state index contributed by atoms with van der Waals surface area (Å²) in [6.45, 7) is 2.06. The Morgan fingerprint density at radius 3 is 2.53 bits per heavy atom. The highest BCUT2D eigenvalue weighted by atomic mass is 16.4. The first-order valence-electron chi connectivity index (χ1n) is 5.58. The third-order valence-corrected chi connectivity index (χ3v) is 3.27. The highest BCUT2D eigenvalue weighted by Crippen LogP contribution is 2.43. The van der Waals surface area contributed by atoms with Crippen LogP contribution < -0.4 is 5.73 Å². The SMILES string of the molecule is CC(CO)CC(CN)(CC1CC1)C(=O)O. The van der Waals surface area contributed by atoms with E-state index in [-0.39, 0.29) is 19.1 Å². The van der Waals surface area contributed by atoms with Gasteiger partial charge in [-0.15, -0.1) is 0 Å². The minimum Gasteiger partial charge on any atom is -0.481 e. The molecule has 4 N–H and O–H groups in total. The lowest BCUT2D eigenvalue weighted by molar-refractivity contribution is -0.150. The van der Waals surface area contributed by atoms with E-state index in [4.69, 9.17) is 10.8 Å². The zero-order valence-corrected chi connectivity index (χ0v) is 9.28. The first-order chi connectivity index (χ1) is 7.04. The summed E-state index contributed by atoms with van der Waals surface area (Å²) in [5.41, 5.74) is 4.81. The fraction of sp³-hybridized carbons (Fsp3) is 0.909. The van der Waals surface area contributed by atoms with E-state index >= 15 is 0 Å². The molecule has 4 heteroatoms. The molecule has 2 unspecified atom stereocenters. The van der Waals surface area contributed by atoms with Crippen LogP contribution in [0.4, 0.5) is 0 Å². The van der Waals surface area contributed by atoms with Crippen LogP contribution in [0.1, 0.15) is 32.6 Å². The monoisotopic (exact) mass is 215 g/mol. The molecular formula is C11H21NO3. The number of carboxylic acid groups (broad SMARTS) is 1. The van der Waals surface area contributed by atoms with Crippen molar-refractivity contribution in [2.45, 2.75) is 32.6 Å². The van der Waals surface area contributed by atoms with Gasteiger partial charge in [-0.05, 0) is 24.7 Å². The number of aliphatic carboxylic acids is 1. The van der Waals surface area contributed by atoms with Gasteiger partial charge < -0.3 is 15.9 Å². The quantitative estimate of drug-likeness (QED) is 0.587. The largest absolute Gasteiger partial charge is 0.481 e. The second-order valence-electron chi connectivity index (χ2n) is 4.93. The van der Waals surface area contributed by atoms with Crippen LogP contribution in [-0.4, -0.2) is 29.3 Å². The molecule has 1 aliphatic rings. The molecule has 0 radical (unpaired) electrons. The topological polar surface area (TPSA) is 83.5 Å². The molecule has 4 nitrogen and oxygen atoms in total. The van der Waals surface area contributed by atoms with Crippen LogP contribution in [0.25, 0.3) is 0 Å². The summed E-state index contributed by atoms with van der Waals surface area (Å²) >= 11 is 0. The van der Waals surface area contributed by atoms with E-state index < -0.39 is 11.4 Å². The minimum atomic E-state index is -0.816. The zero-order chi connectivity index (χ0) is 11.5. The Kier molecular flexibility index (Phi) is 4.11. The fourth-order valence-corrected chi connectivity index (χ4v) is 2.12. The zero-order valence-electron chi connectivity index (χ0n) is 9.28. The molecule has 0 saturated heterocycles. The van der Waals surface area contributed by atoms with E-state index in [1.54, 1.807) is 0 Å². The van der Waals surface area contributed by atoms with Crippen molar-refractivity contribution in [3.05, 3.63) is 0 Å². The number of carbonyl (C=O) groups is 1. The fourth-order valence-electron chi connectivity index (χ4n) is 2.12. The number of hydrogen-bond acceptors (Lipinski definition) is 3. The van der Waals surface area contributed by atoms with Crippen LogP contribution in [0.2, 0.25) is 0 Å². The molecule has 88 valence electrons. The van der Waals surface area contributed by atoms with Crippen LogP contribution >= 0.6 is 0 Å². The van der Waals surface area contributed by atoms with Crippen molar-refractivity contribution >= 4 is 5.97 Å². The standard InChI is InChI=1S/C11H21NO3/c1-8(6-13)4-11(7-12,10(14)15)5-9-2-3-9/h8-9,13H,2-7,12H2,1H3,(H,14,15). The highest BCUT2D eigenvalue weighted by Gasteiger charge is 2.42. The van der Waals surface area contributed by atoms with Gasteiger partial charge in [0.05, 0.1) is 5.41 Å². The molecule has 1 fully saturated rings. The van der Waals surface area contributed by atoms with E-state index in [1.165, 1.54) is 0 Å². The molecule has 0 aromatic carbocycles. The highest BCUT2D eigenvalue weighted by molar-refractivity contribution is 5.75. The number of rotatable bonds is 7. The Bertz CT molecular complexity index is 228. The molecule has 1 aliphatic carbocycles. The van der Waals surface area contributed by atoms with Gasteiger partial charge in [0.25, 0.3) is 0 Å². The average Bonchev–Trinajstić information content (AvgIpc) is 2.99. The smallest absolute Gasteiger partial charge is 0.310 e. The van der Waals surface area contributed by atoms with Gasteiger partial charge in [-0.1, -0.05) is 19.8 Å². The predicted octanol–water partition coefficient (Wildman–Crippen LogP) is 0.835. The van der Waals surface area contributed by atoms with E-state index in [0.29, 0.717) is 18.8 Å². The van der Waals surface area contributed by atoms with Crippen molar-refractivity contribution in [1.29, 1.82) is 0 Å². The van der Waals surface area contributed by atoms with Gasteiger partial charge in [0.1, 0.15) is 0 Å². The van der Waals surface area contributed by atoms with Gasteiger partial charge in [-0.25, -0.2) is 0 Å². The molecule has 0 bridgehead atoms. The van der Waals surface area contributed by atoms with Crippen molar-refractivity contribution in [2.75, 3.05) is 13.2 Å². The summed E-state index contributed by atoms with van der Waals surface area (Å²) in [6, 6.07) is 0. The van der Waals surface area contributed by atoms with Crippen LogP contribution in [0, 0.1) is 17.3 Å². The van der Waals surface area contributed by atoms with Crippen molar-refractivity contribution < 1.29 is 15.0 Å². The van der Waals surface area contributed by atoms with E-state index in [9.17, 15) is 9.90 Å². The molecule has 1 saturated carbocycles. The number of aliphatic hydroxyl groups is 1. The third-order valence-electron chi connectivity index (χ3n) is 3.27. The van der Waals surface area contributed by atoms with E-state index in [1.807, 2.05) is 6.92 Å². The number of aliphatic hydroxyl groups excluding tert-OH is 1. The van der Waals surface area contributed by atoms with Crippen LogP contribution in [0.3, 0.4) is 0 Å². The summed E-state index contributed by atoms with van der Waals surface area (Å²) < 4.78 is 0. The van der Waals surface area contributed by atoms with E-state index in [0.717, 1.165) is 12.8 Å². The molecule has 0 amide bonds. The molecule has 0 heterocycles. The number of nitrogens with two attached hydrogens (primary N) is 1. The molecular weight excluding hydrogens is 194 g/mol. The van der Waals surface area contributed by atoms with Gasteiger partial charge in [-0.3, -0.25) is 4.79 Å². The second-order valence-corrected chi connectivity index (χ2v) is 4.93. The van der Waals surface area contributed by atoms with Gasteiger partial charge in [0, 0.05) is 13.2 Å². The van der Waals surface area contributed by atoms with Crippen molar-refractivity contribution in [2.24, 2.45) is 23.0 Å². The Balaban J connectivity index is 2.67. The van der Waals surface area contributed by atoms with Crippen LogP contribution in [0.5, 0.6) is 0 Å². The molecule has 0 aromatic heterocycles. The molecule has 2 atom stereocenters. The van der Waals surface area contributed by atoms with Crippen molar-refractivity contribution in [3.63, 3.8) is 0 Å². The van der Waals surface area contributed by atoms with E-state index in [2.05, 4.69) is 0 Å². The summed E-state index contributed by atoms with van der Waals surface area (Å²) in [4.78, 5) is 11.3. The first kappa shape index (κ1) is 12.5. The number of carboxylic acids is 1. The molecule has 0 aliphatic heterocycles. The normalized spacial score (nSPS) is 22.1. The Morgan fingerprint density at radius 2 is 2.20 bits per heavy atom. The Labute approximate surface area is 90.5 Å². The van der Waals surface area contributed by atoms with Gasteiger partial charge in [0.15, 0.2) is 0 Å². The lowest BCUT2D eigenvalue weighted by Crippen LogP contribution is -2.41. The Hall–Kier alpha value is -0.610. The molecule has 15 heavy (non-hydrogen) atoms. The van der Waals surface area contributed by atoms with Crippen LogP contribution in [-0.2, 0) is 4.79 Å². The first-order valence-corrected chi connectivity index (χ1v) is 5.58. The lowest BCUT2D eigenvalue weighted by atomic mass is 9.75. The maximum Gasteiger partial charge on any atom is 0.310 e. The maximum absolute atomic E-state index is 11.3. The summed E-state index contributed by atoms with van der Waals surface area (Å²) in [5, 5.41) is 18.3. The number of hydrogen-bond donors (Lipinski definition) is 3. The average molecular weight is 215 g/mol. The lowest BCUT2D eigenvalue weighted by Gasteiger charge is -2.30. The Morgan fingerprint density at radius 1 is 1.60 bits per heavy atom. The van der Waals surface area contributed by atoms with Gasteiger partial charge in [0.2, 0.25) is 0 Å². The third kappa shape index (κ3) is 3.18. The molecule has 0 spiro atoms. The molecule has 0 aromatic rings. The van der Waals surface area contributed by atoms with Gasteiger partial charge in [-0.2, -0.15) is 0 Å². The van der Waals surface area contributed by atoms with Crippen molar-refractivity contribution in [3.8, 4) is 0 Å². The minimum absolute atomic E-state index is 0.00315.